The van der Waals surface area contributed by atoms with Crippen LogP contribution in [0.3, 0.4) is 0 Å². The molecule has 1 aliphatic heterocycles. The number of carbonyl (C=O) groups is 2. The minimum atomic E-state index is -5.10. The fraction of sp³-hybridized carbons (Fsp3) is 0.367. The summed E-state index contributed by atoms with van der Waals surface area (Å²) >= 11 is 0. The fourth-order valence-corrected chi connectivity index (χ4v) is 5.21. The Labute approximate surface area is 242 Å². The zero-order chi connectivity index (χ0) is 32.1. The summed E-state index contributed by atoms with van der Waals surface area (Å²) < 4.78 is 95.3. The summed E-state index contributed by atoms with van der Waals surface area (Å²) in [5.41, 5.74) is -3.49. The SMILES string of the molecule is Cc1cc(F)ccc1-c1cc([C@@H]2CC[C@@H](C(=O)O)N2)ncc1N(C)C(=O)C(C)(C)c1cc(C(F)(F)F)cc(C(F)(F)F)c1. The largest absolute Gasteiger partial charge is 0.480 e. The normalized spacial score (nSPS) is 17.7. The van der Waals surface area contributed by atoms with Gasteiger partial charge in [-0.15, -0.1) is 0 Å². The lowest BCUT2D eigenvalue weighted by molar-refractivity contribution is -0.143. The van der Waals surface area contributed by atoms with Crippen LogP contribution in [0.2, 0.25) is 0 Å². The number of halogens is 7. The summed E-state index contributed by atoms with van der Waals surface area (Å²) in [6.07, 6.45) is -8.07. The predicted octanol–water partition coefficient (Wildman–Crippen LogP) is 7.05. The molecule has 1 aromatic heterocycles. The van der Waals surface area contributed by atoms with Crippen LogP contribution in [-0.2, 0) is 27.4 Å². The molecule has 0 spiro atoms. The van der Waals surface area contributed by atoms with E-state index in [1.54, 1.807) is 13.0 Å². The van der Waals surface area contributed by atoms with Gasteiger partial charge in [0.05, 0.1) is 40.2 Å². The number of likely N-dealkylation sites (N-methyl/N-ethyl adjacent to an activating group) is 1. The minimum absolute atomic E-state index is 0.00218. The van der Waals surface area contributed by atoms with E-state index >= 15 is 0 Å². The maximum Gasteiger partial charge on any atom is 0.416 e. The molecule has 2 atom stereocenters. The number of hydrogen-bond donors (Lipinski definition) is 2. The first-order valence-corrected chi connectivity index (χ1v) is 13.1. The summed E-state index contributed by atoms with van der Waals surface area (Å²) in [7, 11) is 1.32. The molecule has 0 bridgehead atoms. The molecular weight excluding hydrogens is 583 g/mol. The maximum atomic E-state index is 14.0. The topological polar surface area (TPSA) is 82.5 Å². The smallest absolute Gasteiger partial charge is 0.416 e. The Hall–Kier alpha value is -4.00. The molecule has 2 heterocycles. The van der Waals surface area contributed by atoms with E-state index in [2.05, 4.69) is 10.3 Å². The molecule has 2 N–H and O–H groups in total. The quantitative estimate of drug-likeness (QED) is 0.292. The highest BCUT2D eigenvalue weighted by molar-refractivity contribution is 6.03. The van der Waals surface area contributed by atoms with E-state index in [4.69, 9.17) is 0 Å². The number of carbonyl (C=O) groups excluding carboxylic acids is 1. The Morgan fingerprint density at radius 2 is 1.49 bits per heavy atom. The zero-order valence-corrected chi connectivity index (χ0v) is 23.5. The molecule has 13 heteroatoms. The summed E-state index contributed by atoms with van der Waals surface area (Å²) in [5.74, 6) is -2.38. The number of carboxylic acids is 1. The molecule has 3 aromatic rings. The molecule has 6 nitrogen and oxygen atoms in total. The molecule has 4 rings (SSSR count). The van der Waals surface area contributed by atoms with E-state index in [0.717, 1.165) is 4.90 Å². The first-order chi connectivity index (χ1) is 19.8. The Balaban J connectivity index is 1.81. The Bertz CT molecular complexity index is 1540. The second kappa shape index (κ2) is 11.3. The van der Waals surface area contributed by atoms with Gasteiger partial charge >= 0.3 is 18.3 Å². The van der Waals surface area contributed by atoms with Crippen LogP contribution in [0.5, 0.6) is 0 Å². The standard InChI is InChI=1S/C30H28F7N3O3/c1-15-9-19(31)5-6-20(15)21-13-24(22-7-8-23(39-22)26(41)42)38-14-25(21)40(4)27(43)28(2,3)16-10-17(29(32,33)34)12-18(11-16)30(35,36)37/h5-6,9-14,22-23,39H,7-8H2,1-4H3,(H,41,42)/t22-,23-/m0/s1. The number of hydrogen-bond acceptors (Lipinski definition) is 4. The van der Waals surface area contributed by atoms with Crippen LogP contribution in [-0.4, -0.2) is 35.1 Å². The van der Waals surface area contributed by atoms with Gasteiger partial charge in [0, 0.05) is 12.6 Å². The lowest BCUT2D eigenvalue weighted by Crippen LogP contribution is -2.42. The van der Waals surface area contributed by atoms with Gasteiger partial charge < -0.3 is 10.0 Å². The molecule has 43 heavy (non-hydrogen) atoms. The number of benzene rings is 2. The highest BCUT2D eigenvalue weighted by Crippen LogP contribution is 2.41. The van der Waals surface area contributed by atoms with Gasteiger partial charge in [0.15, 0.2) is 0 Å². The van der Waals surface area contributed by atoms with Crippen molar-refractivity contribution in [2.75, 3.05) is 11.9 Å². The van der Waals surface area contributed by atoms with Gasteiger partial charge in [-0.05, 0) is 86.7 Å². The number of aliphatic carboxylic acids is 1. The van der Waals surface area contributed by atoms with Gasteiger partial charge in [0.2, 0.25) is 5.91 Å². The summed E-state index contributed by atoms with van der Waals surface area (Å²) in [6, 6.07) is 5.36. The third-order valence-electron chi connectivity index (χ3n) is 7.69. The van der Waals surface area contributed by atoms with Crippen LogP contribution in [0.4, 0.5) is 36.4 Å². The number of pyridine rings is 1. The monoisotopic (exact) mass is 611 g/mol. The molecule has 1 saturated heterocycles. The molecule has 2 aromatic carbocycles. The molecule has 0 unspecified atom stereocenters. The molecule has 1 fully saturated rings. The number of aromatic nitrogens is 1. The predicted molar refractivity (Wildman–Crippen MR) is 144 cm³/mol. The number of anilines is 1. The summed E-state index contributed by atoms with van der Waals surface area (Å²) in [5, 5.41) is 12.3. The first-order valence-electron chi connectivity index (χ1n) is 13.1. The number of rotatable bonds is 6. The van der Waals surface area contributed by atoms with Crippen LogP contribution in [0, 0.1) is 12.7 Å². The molecular formula is C30H28F7N3O3. The molecule has 0 radical (unpaired) electrons. The van der Waals surface area contributed by atoms with Crippen LogP contribution in [0.25, 0.3) is 11.1 Å². The van der Waals surface area contributed by atoms with Crippen molar-refractivity contribution in [2.24, 2.45) is 0 Å². The highest BCUT2D eigenvalue weighted by Gasteiger charge is 2.41. The number of aryl methyl sites for hydroxylation is 1. The number of nitrogens with one attached hydrogen (secondary N) is 1. The Kier molecular flexibility index (Phi) is 8.35. The van der Waals surface area contributed by atoms with E-state index < -0.39 is 64.2 Å². The van der Waals surface area contributed by atoms with E-state index in [1.165, 1.54) is 45.3 Å². The maximum absolute atomic E-state index is 14.0. The molecule has 230 valence electrons. The van der Waals surface area contributed by atoms with Gasteiger partial charge in [0.1, 0.15) is 11.9 Å². The minimum Gasteiger partial charge on any atom is -0.480 e. The lowest BCUT2D eigenvalue weighted by Gasteiger charge is -2.32. The van der Waals surface area contributed by atoms with Crippen LogP contribution >= 0.6 is 0 Å². The third-order valence-corrected chi connectivity index (χ3v) is 7.69. The lowest BCUT2D eigenvalue weighted by atomic mass is 9.81. The van der Waals surface area contributed by atoms with Gasteiger partial charge in [-0.3, -0.25) is 19.9 Å². The molecule has 1 aliphatic rings. The van der Waals surface area contributed by atoms with E-state index in [-0.39, 0.29) is 11.8 Å². The third kappa shape index (κ3) is 6.51. The molecule has 1 amide bonds. The average Bonchev–Trinajstić information content (AvgIpc) is 3.42. The second-order valence-electron chi connectivity index (χ2n) is 11.1. The van der Waals surface area contributed by atoms with Crippen LogP contribution in [0.15, 0.2) is 48.7 Å². The van der Waals surface area contributed by atoms with Crippen LogP contribution in [0.1, 0.15) is 60.7 Å². The van der Waals surface area contributed by atoms with E-state index in [1.807, 2.05) is 0 Å². The average molecular weight is 612 g/mol. The van der Waals surface area contributed by atoms with Gasteiger partial charge in [-0.2, -0.15) is 26.3 Å². The van der Waals surface area contributed by atoms with Gasteiger partial charge in [0.25, 0.3) is 0 Å². The number of amides is 1. The Morgan fingerprint density at radius 3 is 2.00 bits per heavy atom. The number of alkyl halides is 6. The first kappa shape index (κ1) is 31.9. The van der Waals surface area contributed by atoms with Crippen molar-refractivity contribution in [3.05, 3.63) is 82.4 Å². The number of nitrogens with zero attached hydrogens (tertiary/aromatic N) is 2. The second-order valence-corrected chi connectivity index (χ2v) is 11.1. The molecule has 0 saturated carbocycles. The zero-order valence-electron chi connectivity index (χ0n) is 23.5. The van der Waals surface area contributed by atoms with Gasteiger partial charge in [-0.1, -0.05) is 6.07 Å². The summed E-state index contributed by atoms with van der Waals surface area (Å²) in [4.78, 5) is 30.8. The van der Waals surface area contributed by atoms with E-state index in [9.17, 15) is 45.4 Å². The van der Waals surface area contributed by atoms with E-state index in [0.29, 0.717) is 47.4 Å². The Morgan fingerprint density at radius 1 is 0.907 bits per heavy atom. The van der Waals surface area contributed by atoms with Crippen molar-refractivity contribution in [3.8, 4) is 11.1 Å². The van der Waals surface area contributed by atoms with Crippen molar-refractivity contribution in [2.45, 2.75) is 63.5 Å². The highest BCUT2D eigenvalue weighted by atomic mass is 19.4. The van der Waals surface area contributed by atoms with Crippen molar-refractivity contribution < 1.29 is 45.4 Å². The van der Waals surface area contributed by atoms with Crippen molar-refractivity contribution >= 4 is 17.6 Å². The number of carboxylic acid groups (broad SMARTS) is 1. The van der Waals surface area contributed by atoms with Gasteiger partial charge in [-0.25, -0.2) is 4.39 Å². The van der Waals surface area contributed by atoms with Crippen molar-refractivity contribution in [1.82, 2.24) is 10.3 Å². The van der Waals surface area contributed by atoms with Crippen molar-refractivity contribution in [1.29, 1.82) is 0 Å². The van der Waals surface area contributed by atoms with Crippen molar-refractivity contribution in [3.63, 3.8) is 0 Å². The fourth-order valence-electron chi connectivity index (χ4n) is 5.21. The van der Waals surface area contributed by atoms with Crippen LogP contribution < -0.4 is 10.2 Å². The molecule has 0 aliphatic carbocycles. The summed E-state index contributed by atoms with van der Waals surface area (Å²) in [6.45, 7) is 4.07.